The number of nitrogens with one attached hydrogen (secondary N) is 1. The molecular formula is C24H48N2. The van der Waals surface area contributed by atoms with Crippen LogP contribution in [0.3, 0.4) is 0 Å². The Morgan fingerprint density at radius 1 is 0.962 bits per heavy atom. The fraction of sp³-hybridized carbons (Fsp3) is 1.00. The molecule has 2 aliphatic carbocycles. The predicted octanol–water partition coefficient (Wildman–Crippen LogP) is 6.39. The molecule has 1 N–H and O–H groups in total. The van der Waals surface area contributed by atoms with Gasteiger partial charge in [-0.3, -0.25) is 0 Å². The molecule has 0 aromatic carbocycles. The normalized spacial score (nSPS) is 31.2. The summed E-state index contributed by atoms with van der Waals surface area (Å²) in [6.45, 7) is 10.7. The molecule has 2 aliphatic rings. The van der Waals surface area contributed by atoms with Crippen molar-refractivity contribution in [2.45, 2.75) is 129 Å². The number of nitrogens with zero attached hydrogens (tertiary/aromatic N) is 1. The molecule has 26 heavy (non-hydrogen) atoms. The Morgan fingerprint density at radius 3 is 2.23 bits per heavy atom. The van der Waals surface area contributed by atoms with Gasteiger partial charge in [-0.15, -0.1) is 0 Å². The first-order valence-corrected chi connectivity index (χ1v) is 11.9. The molecule has 0 aromatic rings. The molecule has 0 aromatic heterocycles. The van der Waals surface area contributed by atoms with Gasteiger partial charge < -0.3 is 10.2 Å². The lowest BCUT2D eigenvalue weighted by Crippen LogP contribution is -2.53. The van der Waals surface area contributed by atoms with Gasteiger partial charge in [0.15, 0.2) is 0 Å². The SMILES string of the molecule is CCCCC(C)CCCN(C)C1CCC2(CC1)CC(NC(C)CCC)C2. The van der Waals surface area contributed by atoms with Crippen LogP contribution in [0.25, 0.3) is 0 Å². The van der Waals surface area contributed by atoms with Crippen molar-refractivity contribution in [1.29, 1.82) is 0 Å². The zero-order chi connectivity index (χ0) is 19.0. The molecule has 2 atom stereocenters. The number of rotatable bonds is 12. The Morgan fingerprint density at radius 2 is 1.62 bits per heavy atom. The first kappa shape index (κ1) is 22.2. The topological polar surface area (TPSA) is 15.3 Å². The zero-order valence-electron chi connectivity index (χ0n) is 18.7. The molecule has 2 fully saturated rings. The molecule has 0 bridgehead atoms. The van der Waals surface area contributed by atoms with Gasteiger partial charge >= 0.3 is 0 Å². The summed E-state index contributed by atoms with van der Waals surface area (Å²) in [5, 5.41) is 3.87. The van der Waals surface area contributed by atoms with Crippen molar-refractivity contribution < 1.29 is 0 Å². The van der Waals surface area contributed by atoms with Crippen LogP contribution in [-0.2, 0) is 0 Å². The highest BCUT2D eigenvalue weighted by Gasteiger charge is 2.46. The van der Waals surface area contributed by atoms with Gasteiger partial charge in [0.05, 0.1) is 0 Å². The fourth-order valence-corrected chi connectivity index (χ4v) is 5.65. The Hall–Kier alpha value is -0.0800. The third kappa shape index (κ3) is 6.82. The third-order valence-corrected chi connectivity index (χ3v) is 7.50. The first-order valence-electron chi connectivity index (χ1n) is 11.9. The standard InChI is InChI=1S/C24H48N2/c1-6-8-11-20(3)12-9-17-26(5)23-13-15-24(16-14-23)18-22(19-24)25-21(4)10-7-2/h20-23,25H,6-19H2,1-5H3. The van der Waals surface area contributed by atoms with E-state index in [4.69, 9.17) is 0 Å². The van der Waals surface area contributed by atoms with E-state index in [1.54, 1.807) is 0 Å². The van der Waals surface area contributed by atoms with Crippen LogP contribution in [0.15, 0.2) is 0 Å². The van der Waals surface area contributed by atoms with Crippen molar-refractivity contribution >= 4 is 0 Å². The van der Waals surface area contributed by atoms with Crippen molar-refractivity contribution in [3.05, 3.63) is 0 Å². The highest BCUT2D eigenvalue weighted by molar-refractivity contribution is 5.01. The maximum absolute atomic E-state index is 3.87. The quantitative estimate of drug-likeness (QED) is 0.431. The minimum atomic E-state index is 0.713. The van der Waals surface area contributed by atoms with Crippen LogP contribution in [0, 0.1) is 11.3 Å². The monoisotopic (exact) mass is 364 g/mol. The average molecular weight is 365 g/mol. The summed E-state index contributed by atoms with van der Waals surface area (Å²) in [4.78, 5) is 2.69. The van der Waals surface area contributed by atoms with Crippen molar-refractivity contribution in [2.24, 2.45) is 11.3 Å². The molecule has 2 nitrogen and oxygen atoms in total. The number of hydrogen-bond acceptors (Lipinski definition) is 2. The molecule has 154 valence electrons. The van der Waals surface area contributed by atoms with Crippen LogP contribution < -0.4 is 5.32 Å². The van der Waals surface area contributed by atoms with E-state index in [0.29, 0.717) is 6.04 Å². The minimum absolute atomic E-state index is 0.713. The van der Waals surface area contributed by atoms with Gasteiger partial charge in [0, 0.05) is 18.1 Å². The molecular weight excluding hydrogens is 316 g/mol. The Labute approximate surface area is 164 Å². The van der Waals surface area contributed by atoms with Crippen LogP contribution in [0.1, 0.15) is 111 Å². The molecule has 2 rings (SSSR count). The lowest BCUT2D eigenvalue weighted by molar-refractivity contribution is 0.00680. The Balaban J connectivity index is 1.58. The van der Waals surface area contributed by atoms with E-state index in [1.807, 2.05) is 0 Å². The summed E-state index contributed by atoms with van der Waals surface area (Å²) < 4.78 is 0. The van der Waals surface area contributed by atoms with E-state index in [-0.39, 0.29) is 0 Å². The smallest absolute Gasteiger partial charge is 0.00926 e. The van der Waals surface area contributed by atoms with Crippen LogP contribution >= 0.6 is 0 Å². The van der Waals surface area contributed by atoms with Crippen molar-refractivity contribution in [2.75, 3.05) is 13.6 Å². The van der Waals surface area contributed by atoms with Gasteiger partial charge in [0.1, 0.15) is 0 Å². The van der Waals surface area contributed by atoms with Crippen LogP contribution in [0.4, 0.5) is 0 Å². The summed E-state index contributed by atoms with van der Waals surface area (Å²) in [7, 11) is 2.39. The van der Waals surface area contributed by atoms with Gasteiger partial charge in [-0.25, -0.2) is 0 Å². The number of hydrogen-bond donors (Lipinski definition) is 1. The van der Waals surface area contributed by atoms with Crippen LogP contribution in [0.5, 0.6) is 0 Å². The van der Waals surface area contributed by atoms with E-state index in [0.717, 1.165) is 23.4 Å². The summed E-state index contributed by atoms with van der Waals surface area (Å²) >= 11 is 0. The molecule has 2 saturated carbocycles. The maximum Gasteiger partial charge on any atom is 0.00926 e. The second kappa shape index (κ2) is 11.1. The lowest BCUT2D eigenvalue weighted by atomic mass is 9.57. The second-order valence-corrected chi connectivity index (χ2v) is 10.1. The summed E-state index contributed by atoms with van der Waals surface area (Å²) in [5.41, 5.74) is 0.718. The van der Waals surface area contributed by atoms with Gasteiger partial charge in [-0.1, -0.05) is 46.5 Å². The molecule has 0 heterocycles. The van der Waals surface area contributed by atoms with Gasteiger partial charge in [-0.05, 0) is 89.6 Å². The molecule has 2 unspecified atom stereocenters. The minimum Gasteiger partial charge on any atom is -0.311 e. The molecule has 0 radical (unpaired) electrons. The molecule has 1 spiro atoms. The largest absolute Gasteiger partial charge is 0.311 e. The summed E-state index contributed by atoms with van der Waals surface area (Å²) in [6, 6.07) is 2.39. The third-order valence-electron chi connectivity index (χ3n) is 7.50. The molecule has 0 saturated heterocycles. The summed E-state index contributed by atoms with van der Waals surface area (Å²) in [5.74, 6) is 0.924. The number of unbranched alkanes of at least 4 members (excludes halogenated alkanes) is 1. The lowest BCUT2D eigenvalue weighted by Gasteiger charge is -2.53. The van der Waals surface area contributed by atoms with Gasteiger partial charge in [0.25, 0.3) is 0 Å². The predicted molar refractivity (Wildman–Crippen MR) is 116 cm³/mol. The van der Waals surface area contributed by atoms with Crippen molar-refractivity contribution in [3.8, 4) is 0 Å². The van der Waals surface area contributed by atoms with Gasteiger partial charge in [-0.2, -0.15) is 0 Å². The first-order chi connectivity index (χ1) is 12.5. The Bertz CT molecular complexity index is 364. The second-order valence-electron chi connectivity index (χ2n) is 10.1. The van der Waals surface area contributed by atoms with E-state index in [9.17, 15) is 0 Å². The van der Waals surface area contributed by atoms with E-state index in [2.05, 4.69) is 45.0 Å². The molecule has 2 heteroatoms. The van der Waals surface area contributed by atoms with Crippen molar-refractivity contribution in [3.63, 3.8) is 0 Å². The zero-order valence-corrected chi connectivity index (χ0v) is 18.7. The van der Waals surface area contributed by atoms with E-state index >= 15 is 0 Å². The maximum atomic E-state index is 3.87. The van der Waals surface area contributed by atoms with Crippen molar-refractivity contribution in [1.82, 2.24) is 10.2 Å². The molecule has 0 amide bonds. The molecule has 0 aliphatic heterocycles. The average Bonchev–Trinajstić information content (AvgIpc) is 2.59. The fourth-order valence-electron chi connectivity index (χ4n) is 5.65. The highest BCUT2D eigenvalue weighted by atomic mass is 15.1. The highest BCUT2D eigenvalue weighted by Crippen LogP contribution is 2.52. The van der Waals surface area contributed by atoms with Crippen LogP contribution in [-0.4, -0.2) is 36.6 Å². The Kier molecular flexibility index (Phi) is 9.44. The summed E-state index contributed by atoms with van der Waals surface area (Å²) in [6.07, 6.45) is 18.4. The van der Waals surface area contributed by atoms with Crippen LogP contribution in [0.2, 0.25) is 0 Å². The van der Waals surface area contributed by atoms with E-state index < -0.39 is 0 Å². The van der Waals surface area contributed by atoms with Gasteiger partial charge in [0.2, 0.25) is 0 Å². The van der Waals surface area contributed by atoms with E-state index in [1.165, 1.54) is 90.0 Å².